The van der Waals surface area contributed by atoms with E-state index < -0.39 is 12.0 Å². The third-order valence-electron chi connectivity index (χ3n) is 5.98. The Balaban J connectivity index is 1.52. The smallest absolute Gasteiger partial charge is 0.358 e. The first-order chi connectivity index (χ1) is 15.5. The SMILES string of the molecule is CCOC(=O)c1ccn(CC=C2CN(C(C(=O)C3CC3)c3ccccc3F)CCC2S)n1. The van der Waals surface area contributed by atoms with E-state index in [9.17, 15) is 14.0 Å². The van der Waals surface area contributed by atoms with Gasteiger partial charge in [0, 0.05) is 36.0 Å². The number of ether oxygens (including phenoxy) is 1. The van der Waals surface area contributed by atoms with Gasteiger partial charge in [0.1, 0.15) is 5.82 Å². The Bertz CT molecular complexity index is 1020. The molecule has 1 saturated carbocycles. The number of allylic oxidation sites excluding steroid dienone is 1. The standard InChI is InChI=1S/C24H28FN3O3S/c1-2-31-24(30)20-10-14-28(26-20)13-9-17-15-27(12-11-21(17)32)22(23(29)16-7-8-16)18-5-3-4-6-19(18)25/h3-6,9-10,14,16,21-22,32H,2,7-8,11-13,15H2,1H3. The number of esters is 1. The molecule has 1 saturated heterocycles. The number of halogens is 1. The second-order valence-electron chi connectivity index (χ2n) is 8.30. The number of likely N-dealkylation sites (tertiary alicyclic amines) is 1. The van der Waals surface area contributed by atoms with Crippen molar-refractivity contribution in [3.63, 3.8) is 0 Å². The van der Waals surface area contributed by atoms with Crippen LogP contribution in [0.5, 0.6) is 0 Å². The average Bonchev–Trinajstić information content (AvgIpc) is 3.53. The monoisotopic (exact) mass is 457 g/mol. The van der Waals surface area contributed by atoms with E-state index >= 15 is 0 Å². The van der Waals surface area contributed by atoms with Gasteiger partial charge in [-0.2, -0.15) is 17.7 Å². The van der Waals surface area contributed by atoms with Crippen LogP contribution in [0.4, 0.5) is 4.39 Å². The lowest BCUT2D eigenvalue weighted by molar-refractivity contribution is -0.126. The lowest BCUT2D eigenvalue weighted by Gasteiger charge is -2.37. The highest BCUT2D eigenvalue weighted by Crippen LogP contribution is 2.39. The molecule has 0 bridgehead atoms. The van der Waals surface area contributed by atoms with Crippen molar-refractivity contribution in [2.75, 3.05) is 19.7 Å². The van der Waals surface area contributed by atoms with E-state index in [0.717, 1.165) is 24.8 Å². The summed E-state index contributed by atoms with van der Waals surface area (Å²) < 4.78 is 21.3. The summed E-state index contributed by atoms with van der Waals surface area (Å²) >= 11 is 4.73. The summed E-state index contributed by atoms with van der Waals surface area (Å²) in [5, 5.41) is 4.33. The van der Waals surface area contributed by atoms with Crippen molar-refractivity contribution >= 4 is 24.4 Å². The number of piperidine rings is 1. The Morgan fingerprint density at radius 1 is 1.28 bits per heavy atom. The molecule has 32 heavy (non-hydrogen) atoms. The molecule has 1 aliphatic carbocycles. The van der Waals surface area contributed by atoms with Crippen molar-refractivity contribution < 1.29 is 18.7 Å². The Labute approximate surface area is 192 Å². The molecule has 1 aromatic heterocycles. The number of hydrogen-bond acceptors (Lipinski definition) is 6. The van der Waals surface area contributed by atoms with E-state index in [-0.39, 0.29) is 28.5 Å². The van der Waals surface area contributed by atoms with Crippen molar-refractivity contribution in [2.24, 2.45) is 5.92 Å². The first-order valence-corrected chi connectivity index (χ1v) is 11.6. The Kier molecular flexibility index (Phi) is 7.10. The summed E-state index contributed by atoms with van der Waals surface area (Å²) in [6.07, 6.45) is 6.31. The van der Waals surface area contributed by atoms with Crippen molar-refractivity contribution in [1.82, 2.24) is 14.7 Å². The van der Waals surface area contributed by atoms with Crippen LogP contribution >= 0.6 is 12.6 Å². The van der Waals surface area contributed by atoms with Crippen LogP contribution < -0.4 is 0 Å². The van der Waals surface area contributed by atoms with Gasteiger partial charge in [-0.05, 0) is 43.9 Å². The van der Waals surface area contributed by atoms with Crippen LogP contribution in [0.3, 0.4) is 0 Å². The highest BCUT2D eigenvalue weighted by Gasteiger charge is 2.40. The fourth-order valence-corrected chi connectivity index (χ4v) is 4.42. The highest BCUT2D eigenvalue weighted by atomic mass is 32.1. The number of thiol groups is 1. The van der Waals surface area contributed by atoms with Gasteiger partial charge >= 0.3 is 5.97 Å². The molecule has 2 fully saturated rings. The molecule has 0 radical (unpaired) electrons. The quantitative estimate of drug-likeness (QED) is 0.371. The normalized spacial score (nSPS) is 21.5. The molecule has 170 valence electrons. The zero-order chi connectivity index (χ0) is 22.7. The number of carbonyl (C=O) groups is 2. The average molecular weight is 458 g/mol. The molecule has 2 aromatic rings. The predicted molar refractivity (Wildman–Crippen MR) is 122 cm³/mol. The van der Waals surface area contributed by atoms with E-state index in [4.69, 9.17) is 17.4 Å². The number of benzene rings is 1. The summed E-state index contributed by atoms with van der Waals surface area (Å²) in [6, 6.07) is 7.63. The van der Waals surface area contributed by atoms with Gasteiger partial charge in [0.2, 0.25) is 0 Å². The number of hydrogen-bond donors (Lipinski definition) is 1. The third-order valence-corrected chi connectivity index (χ3v) is 6.57. The molecule has 0 amide bonds. The van der Waals surface area contributed by atoms with E-state index in [1.807, 2.05) is 6.08 Å². The number of aromatic nitrogens is 2. The van der Waals surface area contributed by atoms with E-state index in [2.05, 4.69) is 10.00 Å². The summed E-state index contributed by atoms with van der Waals surface area (Å²) in [5.41, 5.74) is 1.79. The molecule has 0 N–H and O–H groups in total. The topological polar surface area (TPSA) is 64.4 Å². The number of carbonyl (C=O) groups excluding carboxylic acids is 2. The zero-order valence-electron chi connectivity index (χ0n) is 18.1. The van der Waals surface area contributed by atoms with Crippen LogP contribution in [0.1, 0.15) is 48.3 Å². The van der Waals surface area contributed by atoms with E-state index in [0.29, 0.717) is 31.8 Å². The maximum Gasteiger partial charge on any atom is 0.358 e. The molecule has 4 rings (SSSR count). The fraction of sp³-hybridized carbons (Fsp3) is 0.458. The molecular weight excluding hydrogens is 429 g/mol. The molecular formula is C24H28FN3O3S. The van der Waals surface area contributed by atoms with Gasteiger partial charge in [-0.3, -0.25) is 14.4 Å². The third kappa shape index (κ3) is 5.13. The molecule has 0 spiro atoms. The van der Waals surface area contributed by atoms with Gasteiger partial charge in [-0.15, -0.1) is 0 Å². The van der Waals surface area contributed by atoms with Crippen molar-refractivity contribution in [2.45, 2.75) is 44.0 Å². The van der Waals surface area contributed by atoms with Gasteiger partial charge in [0.05, 0.1) is 19.2 Å². The molecule has 2 unspecified atom stereocenters. The molecule has 2 aliphatic rings. The Morgan fingerprint density at radius 3 is 2.78 bits per heavy atom. The van der Waals surface area contributed by atoms with Gasteiger partial charge in [-0.1, -0.05) is 24.3 Å². The maximum atomic E-state index is 14.6. The lowest BCUT2D eigenvalue weighted by Crippen LogP contribution is -2.42. The minimum atomic E-state index is -0.576. The van der Waals surface area contributed by atoms with Gasteiger partial charge in [-0.25, -0.2) is 9.18 Å². The van der Waals surface area contributed by atoms with Crippen LogP contribution in [-0.2, 0) is 16.1 Å². The molecule has 1 aliphatic heterocycles. The molecule has 2 heterocycles. The number of nitrogens with zero attached hydrogens (tertiary/aromatic N) is 3. The van der Waals surface area contributed by atoms with Crippen LogP contribution in [0.25, 0.3) is 0 Å². The maximum absolute atomic E-state index is 14.6. The number of rotatable bonds is 8. The second kappa shape index (κ2) is 10.0. The summed E-state index contributed by atoms with van der Waals surface area (Å²) in [4.78, 5) is 27.0. The molecule has 2 atom stereocenters. The Hall–Kier alpha value is -2.45. The van der Waals surface area contributed by atoms with Crippen molar-refractivity contribution in [1.29, 1.82) is 0 Å². The predicted octanol–water partition coefficient (Wildman–Crippen LogP) is 3.85. The minimum absolute atomic E-state index is 0.0335. The first-order valence-electron chi connectivity index (χ1n) is 11.1. The number of Topliss-reactive ketones (excluding diaryl/α,β-unsaturated/α-hetero) is 1. The molecule has 1 aromatic carbocycles. The summed E-state index contributed by atoms with van der Waals surface area (Å²) in [7, 11) is 0. The highest BCUT2D eigenvalue weighted by molar-refractivity contribution is 7.81. The van der Waals surface area contributed by atoms with Crippen LogP contribution in [0, 0.1) is 11.7 Å². The van der Waals surface area contributed by atoms with Crippen molar-refractivity contribution in [3.05, 3.63) is 65.3 Å². The van der Waals surface area contributed by atoms with E-state index in [1.54, 1.807) is 42.1 Å². The van der Waals surface area contributed by atoms with Crippen LogP contribution in [0.15, 0.2) is 48.2 Å². The minimum Gasteiger partial charge on any atom is -0.461 e. The fourth-order valence-electron chi connectivity index (χ4n) is 4.12. The van der Waals surface area contributed by atoms with Gasteiger partial charge in [0.25, 0.3) is 0 Å². The second-order valence-corrected chi connectivity index (χ2v) is 8.92. The van der Waals surface area contributed by atoms with Crippen LogP contribution in [-0.4, -0.2) is 51.4 Å². The molecule has 8 heteroatoms. The lowest BCUT2D eigenvalue weighted by atomic mass is 9.93. The summed E-state index contributed by atoms with van der Waals surface area (Å²) in [5.74, 6) is -0.640. The van der Waals surface area contributed by atoms with E-state index in [1.165, 1.54) is 6.07 Å². The van der Waals surface area contributed by atoms with Gasteiger partial charge in [0.15, 0.2) is 11.5 Å². The Morgan fingerprint density at radius 2 is 2.06 bits per heavy atom. The van der Waals surface area contributed by atoms with Crippen LogP contribution in [0.2, 0.25) is 0 Å². The largest absolute Gasteiger partial charge is 0.461 e. The summed E-state index contributed by atoms with van der Waals surface area (Å²) in [6.45, 7) is 3.75. The first kappa shape index (κ1) is 22.7. The zero-order valence-corrected chi connectivity index (χ0v) is 19.0. The van der Waals surface area contributed by atoms with Crippen molar-refractivity contribution in [3.8, 4) is 0 Å². The molecule has 6 nitrogen and oxygen atoms in total. The van der Waals surface area contributed by atoms with Gasteiger partial charge < -0.3 is 4.74 Å². The number of ketones is 1.